The van der Waals surface area contributed by atoms with Crippen molar-refractivity contribution in [2.45, 2.75) is 18.9 Å². The van der Waals surface area contributed by atoms with Crippen molar-refractivity contribution in [3.05, 3.63) is 59.5 Å². The van der Waals surface area contributed by atoms with Gasteiger partial charge in [-0.15, -0.1) is 0 Å². The number of pyridine rings is 1. The Balaban J connectivity index is 1.95. The first-order valence-electron chi connectivity index (χ1n) is 10.5. The van der Waals surface area contributed by atoms with Crippen molar-refractivity contribution in [3.8, 4) is 45.9 Å². The summed E-state index contributed by atoms with van der Waals surface area (Å²) in [6, 6.07) is 13.3. The quantitative estimate of drug-likeness (QED) is 0.627. The number of nitriles is 2. The molecule has 166 valence electrons. The third kappa shape index (κ3) is 4.17. The van der Waals surface area contributed by atoms with Crippen LogP contribution in [0.15, 0.2) is 42.6 Å². The summed E-state index contributed by atoms with van der Waals surface area (Å²) >= 11 is 0. The van der Waals surface area contributed by atoms with Gasteiger partial charge >= 0.3 is 0 Å². The fourth-order valence-electron chi connectivity index (χ4n) is 4.10. The van der Waals surface area contributed by atoms with Crippen LogP contribution in [0, 0.1) is 28.5 Å². The first kappa shape index (κ1) is 22.1. The summed E-state index contributed by atoms with van der Waals surface area (Å²) in [4.78, 5) is 6.61. The molecule has 3 N–H and O–H groups in total. The molecule has 1 aliphatic heterocycles. The molecule has 0 saturated carbocycles. The zero-order valence-electron chi connectivity index (χ0n) is 18.0. The molecule has 1 saturated heterocycles. The van der Waals surface area contributed by atoms with Crippen LogP contribution in [0.25, 0.3) is 22.3 Å². The van der Waals surface area contributed by atoms with E-state index in [9.17, 15) is 14.8 Å². The molecular weight excluding hydrogens is 421 g/mol. The number of halogens is 1. The van der Waals surface area contributed by atoms with Gasteiger partial charge in [0, 0.05) is 36.5 Å². The summed E-state index contributed by atoms with van der Waals surface area (Å²) in [7, 11) is 1.45. The summed E-state index contributed by atoms with van der Waals surface area (Å²) < 4.78 is 19.7. The molecule has 1 aliphatic rings. The van der Waals surface area contributed by atoms with E-state index < -0.39 is 5.82 Å². The molecule has 1 aromatic heterocycles. The van der Waals surface area contributed by atoms with Gasteiger partial charge in [0.05, 0.1) is 12.7 Å². The number of phenolic OH excluding ortho intramolecular Hbond substituents is 1. The minimum Gasteiger partial charge on any atom is -0.504 e. The Labute approximate surface area is 191 Å². The molecule has 0 aliphatic carbocycles. The normalized spacial score (nSPS) is 13.9. The summed E-state index contributed by atoms with van der Waals surface area (Å²) in [5.41, 5.74) is 8.29. The second-order valence-electron chi connectivity index (χ2n) is 7.87. The molecule has 0 unspecified atom stereocenters. The zero-order chi connectivity index (χ0) is 23.5. The second-order valence-corrected chi connectivity index (χ2v) is 7.87. The van der Waals surface area contributed by atoms with Gasteiger partial charge in [-0.3, -0.25) is 0 Å². The van der Waals surface area contributed by atoms with Gasteiger partial charge < -0.3 is 20.5 Å². The number of aromatic nitrogens is 1. The van der Waals surface area contributed by atoms with Crippen LogP contribution in [0.2, 0.25) is 0 Å². The predicted molar refractivity (Wildman–Crippen MR) is 122 cm³/mol. The van der Waals surface area contributed by atoms with Crippen LogP contribution in [0.4, 0.5) is 10.2 Å². The minimum atomic E-state index is -0.676. The monoisotopic (exact) mass is 443 g/mol. The fourth-order valence-corrected chi connectivity index (χ4v) is 4.10. The van der Waals surface area contributed by atoms with E-state index in [1.807, 2.05) is 11.0 Å². The molecule has 0 spiro atoms. The number of phenols is 1. The van der Waals surface area contributed by atoms with Crippen LogP contribution in [0.3, 0.4) is 0 Å². The SMILES string of the molecule is COc1ccc(-c2cnc(N3CCC(N)CC3)c(C#N)c2-c2ccc(C#N)c(F)c2)cc1O. The van der Waals surface area contributed by atoms with Crippen LogP contribution in [0.1, 0.15) is 24.0 Å². The molecule has 0 bridgehead atoms. The number of hydrogen-bond donors (Lipinski definition) is 2. The van der Waals surface area contributed by atoms with Crippen molar-refractivity contribution in [2.75, 3.05) is 25.1 Å². The number of nitrogens with two attached hydrogens (primary N) is 1. The van der Waals surface area contributed by atoms with Crippen molar-refractivity contribution in [1.82, 2.24) is 4.98 Å². The number of rotatable bonds is 4. The molecule has 1 fully saturated rings. The second kappa shape index (κ2) is 9.15. The number of benzene rings is 2. The van der Waals surface area contributed by atoms with Crippen LogP contribution in [0.5, 0.6) is 11.5 Å². The third-order valence-corrected chi connectivity index (χ3v) is 5.88. The molecule has 3 aromatic rings. The Morgan fingerprint density at radius 2 is 1.85 bits per heavy atom. The predicted octanol–water partition coefficient (Wildman–Crippen LogP) is 3.94. The lowest BCUT2D eigenvalue weighted by atomic mass is 9.91. The highest BCUT2D eigenvalue weighted by Gasteiger charge is 2.25. The van der Waals surface area contributed by atoms with Crippen LogP contribution in [-0.4, -0.2) is 36.3 Å². The molecule has 8 heteroatoms. The summed E-state index contributed by atoms with van der Waals surface area (Å²) in [5.74, 6) is 0.0643. The largest absolute Gasteiger partial charge is 0.504 e. The summed E-state index contributed by atoms with van der Waals surface area (Å²) in [6.45, 7) is 1.32. The van der Waals surface area contributed by atoms with E-state index in [0.29, 0.717) is 52.5 Å². The average molecular weight is 443 g/mol. The molecule has 0 radical (unpaired) electrons. The first-order chi connectivity index (χ1) is 16.0. The average Bonchev–Trinajstić information content (AvgIpc) is 2.83. The van der Waals surface area contributed by atoms with E-state index in [-0.39, 0.29) is 17.4 Å². The summed E-state index contributed by atoms with van der Waals surface area (Å²) in [6.07, 6.45) is 3.18. The van der Waals surface area contributed by atoms with Crippen molar-refractivity contribution in [3.63, 3.8) is 0 Å². The van der Waals surface area contributed by atoms with E-state index in [2.05, 4.69) is 11.1 Å². The molecule has 7 nitrogen and oxygen atoms in total. The van der Waals surface area contributed by atoms with Gasteiger partial charge in [0.2, 0.25) is 0 Å². The van der Waals surface area contributed by atoms with E-state index in [4.69, 9.17) is 15.7 Å². The van der Waals surface area contributed by atoms with Crippen LogP contribution < -0.4 is 15.4 Å². The van der Waals surface area contributed by atoms with E-state index >= 15 is 0 Å². The van der Waals surface area contributed by atoms with Gasteiger partial charge in [0.15, 0.2) is 11.5 Å². The first-order valence-corrected chi connectivity index (χ1v) is 10.5. The molecule has 0 amide bonds. The molecule has 2 heterocycles. The van der Waals surface area contributed by atoms with Crippen molar-refractivity contribution < 1.29 is 14.2 Å². The van der Waals surface area contributed by atoms with E-state index in [1.165, 1.54) is 25.3 Å². The number of nitrogens with zero attached hydrogens (tertiary/aromatic N) is 4. The topological polar surface area (TPSA) is 119 Å². The molecule has 0 atom stereocenters. The standard InChI is InChI=1S/C25H22FN5O2/c1-33-23-5-4-15(11-22(23)32)20-14-30-25(31-8-6-18(29)7-9-31)19(13-28)24(20)16-2-3-17(12-27)21(26)10-16/h2-5,10-11,14,18,32H,6-9,29H2,1H3. The van der Waals surface area contributed by atoms with Crippen molar-refractivity contribution in [1.29, 1.82) is 10.5 Å². The maximum absolute atomic E-state index is 14.6. The molecule has 33 heavy (non-hydrogen) atoms. The Kier molecular flexibility index (Phi) is 6.12. The number of aromatic hydroxyl groups is 1. The number of anilines is 1. The maximum atomic E-state index is 14.6. The minimum absolute atomic E-state index is 0.0699. The van der Waals surface area contributed by atoms with Crippen LogP contribution >= 0.6 is 0 Å². The highest BCUT2D eigenvalue weighted by Crippen LogP contribution is 2.41. The Morgan fingerprint density at radius 3 is 2.45 bits per heavy atom. The van der Waals surface area contributed by atoms with Crippen LogP contribution in [-0.2, 0) is 0 Å². The smallest absolute Gasteiger partial charge is 0.160 e. The summed E-state index contributed by atoms with van der Waals surface area (Å²) in [5, 5.41) is 29.6. The Bertz CT molecular complexity index is 1290. The van der Waals surface area contributed by atoms with Gasteiger partial charge in [0.25, 0.3) is 0 Å². The highest BCUT2D eigenvalue weighted by molar-refractivity contribution is 5.90. The Hall–Kier alpha value is -4.14. The number of ether oxygens (including phenoxy) is 1. The number of piperidine rings is 1. The van der Waals surface area contributed by atoms with Gasteiger partial charge in [-0.1, -0.05) is 12.1 Å². The zero-order valence-corrected chi connectivity index (χ0v) is 18.0. The third-order valence-electron chi connectivity index (χ3n) is 5.88. The van der Waals surface area contributed by atoms with Gasteiger partial charge in [-0.25, -0.2) is 9.37 Å². The highest BCUT2D eigenvalue weighted by atomic mass is 19.1. The van der Waals surface area contributed by atoms with Gasteiger partial charge in [-0.2, -0.15) is 10.5 Å². The van der Waals surface area contributed by atoms with E-state index in [0.717, 1.165) is 12.8 Å². The number of hydrogen-bond acceptors (Lipinski definition) is 7. The lowest BCUT2D eigenvalue weighted by Gasteiger charge is -2.32. The number of methoxy groups -OCH3 is 1. The Morgan fingerprint density at radius 1 is 1.12 bits per heavy atom. The van der Waals surface area contributed by atoms with Gasteiger partial charge in [0.1, 0.15) is 29.3 Å². The van der Waals surface area contributed by atoms with E-state index in [1.54, 1.807) is 24.4 Å². The van der Waals surface area contributed by atoms with Gasteiger partial charge in [-0.05, 0) is 48.2 Å². The lowest BCUT2D eigenvalue weighted by Crippen LogP contribution is -2.40. The molecule has 2 aromatic carbocycles. The maximum Gasteiger partial charge on any atom is 0.160 e. The van der Waals surface area contributed by atoms with Crippen molar-refractivity contribution in [2.24, 2.45) is 5.73 Å². The fraction of sp³-hybridized carbons (Fsp3) is 0.240. The van der Waals surface area contributed by atoms with Crippen molar-refractivity contribution >= 4 is 5.82 Å². The molecule has 4 rings (SSSR count). The lowest BCUT2D eigenvalue weighted by molar-refractivity contribution is 0.373. The molecular formula is C25H22FN5O2.